The number of benzene rings is 2. The van der Waals surface area contributed by atoms with Crippen molar-refractivity contribution in [2.24, 2.45) is 36.1 Å². The fourth-order valence-corrected chi connectivity index (χ4v) is 9.34. The van der Waals surface area contributed by atoms with E-state index < -0.39 is 50.8 Å². The van der Waals surface area contributed by atoms with Crippen molar-refractivity contribution in [1.82, 2.24) is 20.4 Å². The average molecular weight is 761 g/mol. The highest BCUT2D eigenvalue weighted by Crippen LogP contribution is 2.47. The summed E-state index contributed by atoms with van der Waals surface area (Å²) in [5, 5.41) is 10.3. The van der Waals surface area contributed by atoms with Crippen LogP contribution in [0.2, 0.25) is 0 Å². The number of hydrogen-bond donors (Lipinski definition) is 2. The molecule has 4 atom stereocenters. The number of rotatable bonds is 21. The third-order valence-electron chi connectivity index (χ3n) is 10.7. The Morgan fingerprint density at radius 3 is 1.83 bits per heavy atom. The number of Topliss-reactive ketones (excluding diaryl/α,β-unsaturated/α-hetero) is 2. The molecule has 0 radical (unpaired) electrons. The molecule has 1 aliphatic rings. The number of hydrogen-bond acceptors (Lipinski definition) is 7. The van der Waals surface area contributed by atoms with Crippen LogP contribution >= 0.6 is 0 Å². The number of sulfone groups is 1. The molecular weight excluding hydrogens is 701 g/mol. The van der Waals surface area contributed by atoms with Crippen LogP contribution < -0.4 is 10.6 Å². The summed E-state index contributed by atoms with van der Waals surface area (Å²) >= 11 is 0. The number of amides is 2. The molecular formula is C43H60N4O6S. The van der Waals surface area contributed by atoms with Gasteiger partial charge in [0.25, 0.3) is 0 Å². The summed E-state index contributed by atoms with van der Waals surface area (Å²) in [5.41, 5.74) is 2.28. The smallest absolute Gasteiger partial charge is 0.224 e. The monoisotopic (exact) mass is 760 g/mol. The molecule has 2 aromatic carbocycles. The Bertz CT molecular complexity index is 1870. The molecule has 10 nitrogen and oxygen atoms in total. The molecule has 0 aliphatic heterocycles. The molecule has 3 aromatic rings. The van der Waals surface area contributed by atoms with E-state index in [1.165, 1.54) is 4.68 Å². The lowest BCUT2D eigenvalue weighted by molar-refractivity contribution is -0.135. The molecule has 294 valence electrons. The Balaban J connectivity index is 1.60. The quantitative estimate of drug-likeness (QED) is 0.130. The van der Waals surface area contributed by atoms with Crippen molar-refractivity contribution in [1.29, 1.82) is 0 Å². The van der Waals surface area contributed by atoms with Crippen molar-refractivity contribution in [3.05, 3.63) is 83.2 Å². The molecule has 1 aromatic heterocycles. The highest BCUT2D eigenvalue weighted by molar-refractivity contribution is 7.91. The van der Waals surface area contributed by atoms with Crippen molar-refractivity contribution in [3.8, 4) is 0 Å². The maximum absolute atomic E-state index is 14.3. The van der Waals surface area contributed by atoms with Gasteiger partial charge < -0.3 is 10.6 Å². The molecule has 1 saturated carbocycles. The molecule has 2 amide bonds. The van der Waals surface area contributed by atoms with Crippen LogP contribution in [0.1, 0.15) is 95.7 Å². The van der Waals surface area contributed by atoms with Gasteiger partial charge in [0, 0.05) is 24.8 Å². The zero-order valence-corrected chi connectivity index (χ0v) is 34.2. The van der Waals surface area contributed by atoms with Gasteiger partial charge in [0.15, 0.2) is 21.4 Å². The van der Waals surface area contributed by atoms with E-state index in [4.69, 9.17) is 0 Å². The lowest BCUT2D eigenvalue weighted by atomic mass is 9.87. The first-order valence-electron chi connectivity index (χ1n) is 19.4. The Kier molecular flexibility index (Phi) is 14.6. The summed E-state index contributed by atoms with van der Waals surface area (Å²) < 4.78 is 29.3. The summed E-state index contributed by atoms with van der Waals surface area (Å²) in [6.45, 7) is 13.2. The molecule has 0 bridgehead atoms. The van der Waals surface area contributed by atoms with Gasteiger partial charge in [0.1, 0.15) is 4.90 Å². The maximum Gasteiger partial charge on any atom is 0.224 e. The van der Waals surface area contributed by atoms with E-state index in [9.17, 15) is 27.6 Å². The first-order chi connectivity index (χ1) is 25.4. The molecule has 11 heteroatoms. The molecule has 1 heterocycles. The minimum Gasteiger partial charge on any atom is -0.346 e. The standard InChI is InChI=1S/C43H60N4O6S/c1-28(2)23-36(44-41(50)34(20-19-32-15-11-9-12-16-32)27-54(52,53)39-30(5)46-47(8)31(39)6)38(48)26-35(25-33-17-13-10-14-18-33)42(51)45-37(24-29(3)4)40(49)43(7)21-22-43/h9-18,28-29,34-37H,19-27H2,1-8H3,(H,44,50)(H,45,51)/t34-,35-,36+,37+/m1/s1. The van der Waals surface area contributed by atoms with Crippen LogP contribution in [0, 0.1) is 42.9 Å². The maximum atomic E-state index is 14.3. The van der Waals surface area contributed by atoms with Gasteiger partial charge in [-0.25, -0.2) is 8.42 Å². The van der Waals surface area contributed by atoms with Crippen molar-refractivity contribution in [3.63, 3.8) is 0 Å². The Morgan fingerprint density at radius 1 is 0.796 bits per heavy atom. The summed E-state index contributed by atoms with van der Waals surface area (Å²) in [6, 6.07) is 17.4. The van der Waals surface area contributed by atoms with Gasteiger partial charge in [-0.05, 0) is 81.8 Å². The van der Waals surface area contributed by atoms with Crippen LogP contribution in [0.25, 0.3) is 0 Å². The van der Waals surface area contributed by atoms with Crippen molar-refractivity contribution < 1.29 is 27.6 Å². The topological polar surface area (TPSA) is 144 Å². The summed E-state index contributed by atoms with van der Waals surface area (Å²) in [7, 11) is -2.25. The van der Waals surface area contributed by atoms with Crippen molar-refractivity contribution in [2.75, 3.05) is 5.75 Å². The second kappa shape index (κ2) is 18.5. The van der Waals surface area contributed by atoms with E-state index in [2.05, 4.69) is 15.7 Å². The number of ketones is 2. The Morgan fingerprint density at radius 2 is 1.31 bits per heavy atom. The third-order valence-corrected chi connectivity index (χ3v) is 12.7. The fourth-order valence-electron chi connectivity index (χ4n) is 7.25. The fraction of sp³-hybridized carbons (Fsp3) is 0.558. The van der Waals surface area contributed by atoms with E-state index >= 15 is 0 Å². The first-order valence-corrected chi connectivity index (χ1v) is 21.0. The van der Waals surface area contributed by atoms with Crippen LogP contribution in [-0.2, 0) is 48.9 Å². The van der Waals surface area contributed by atoms with Gasteiger partial charge in [-0.2, -0.15) is 5.10 Å². The number of nitrogens with zero attached hydrogens (tertiary/aromatic N) is 2. The summed E-state index contributed by atoms with van der Waals surface area (Å²) in [6.07, 6.45) is 3.26. The SMILES string of the molecule is Cc1nn(C)c(C)c1S(=O)(=O)C[C@@H](CCc1ccccc1)C(=O)N[C@@H](CC(C)C)C(=O)C[C@@H](Cc1ccccc1)C(=O)N[C@@H](CC(C)C)C(=O)C1(C)CC1. The predicted molar refractivity (Wildman–Crippen MR) is 211 cm³/mol. The minimum absolute atomic E-state index is 0.0140. The zero-order chi connectivity index (χ0) is 39.8. The van der Waals surface area contributed by atoms with Crippen LogP contribution in [0.5, 0.6) is 0 Å². The lowest BCUT2D eigenvalue weighted by Crippen LogP contribution is -2.49. The second-order valence-electron chi connectivity index (χ2n) is 16.5. The molecule has 1 aliphatic carbocycles. The minimum atomic E-state index is -3.94. The predicted octanol–water partition coefficient (Wildman–Crippen LogP) is 6.31. The van der Waals surface area contributed by atoms with Gasteiger partial charge in [-0.1, -0.05) is 95.3 Å². The molecule has 0 spiro atoms. The van der Waals surface area contributed by atoms with Gasteiger partial charge in [-0.15, -0.1) is 0 Å². The summed E-state index contributed by atoms with van der Waals surface area (Å²) in [4.78, 5) is 56.2. The average Bonchev–Trinajstić information content (AvgIpc) is 3.80. The largest absolute Gasteiger partial charge is 0.346 e. The van der Waals surface area contributed by atoms with Crippen molar-refractivity contribution >= 4 is 33.2 Å². The molecule has 0 saturated heterocycles. The number of carbonyl (C=O) groups is 4. The number of aryl methyl sites for hydroxylation is 3. The molecule has 0 unspecified atom stereocenters. The van der Waals surface area contributed by atoms with Gasteiger partial charge >= 0.3 is 0 Å². The van der Waals surface area contributed by atoms with Crippen molar-refractivity contribution in [2.45, 2.75) is 117 Å². The second-order valence-corrected chi connectivity index (χ2v) is 18.5. The van der Waals surface area contributed by atoms with Crippen LogP contribution in [-0.4, -0.2) is 59.4 Å². The van der Waals surface area contributed by atoms with Crippen LogP contribution in [0.4, 0.5) is 0 Å². The molecule has 4 rings (SSSR count). The Hall–Kier alpha value is -4.12. The van der Waals surface area contributed by atoms with Crippen LogP contribution in [0.15, 0.2) is 65.6 Å². The number of nitrogens with one attached hydrogen (secondary N) is 2. The van der Waals surface area contributed by atoms with E-state index in [0.29, 0.717) is 30.7 Å². The zero-order valence-electron chi connectivity index (χ0n) is 33.4. The number of aromatic nitrogens is 2. The lowest BCUT2D eigenvalue weighted by Gasteiger charge is -2.27. The van der Waals surface area contributed by atoms with E-state index in [-0.39, 0.29) is 53.5 Å². The summed E-state index contributed by atoms with van der Waals surface area (Å²) in [5.74, 6) is -3.14. The van der Waals surface area contributed by atoms with E-state index in [1.807, 2.05) is 95.3 Å². The van der Waals surface area contributed by atoms with E-state index in [0.717, 1.165) is 24.0 Å². The van der Waals surface area contributed by atoms with E-state index in [1.54, 1.807) is 20.9 Å². The normalized spacial score (nSPS) is 16.0. The molecule has 1 fully saturated rings. The van der Waals surface area contributed by atoms with Gasteiger partial charge in [-0.3, -0.25) is 23.9 Å². The molecule has 54 heavy (non-hydrogen) atoms. The first kappa shape index (κ1) is 42.6. The van der Waals surface area contributed by atoms with Gasteiger partial charge in [0.2, 0.25) is 11.8 Å². The highest BCUT2D eigenvalue weighted by atomic mass is 32.2. The number of carbonyl (C=O) groups excluding carboxylic acids is 4. The van der Waals surface area contributed by atoms with Crippen LogP contribution in [0.3, 0.4) is 0 Å². The highest BCUT2D eigenvalue weighted by Gasteiger charge is 2.48. The molecule has 2 N–H and O–H groups in total. The third kappa shape index (κ3) is 11.7. The Labute approximate surface area is 322 Å². The van der Waals surface area contributed by atoms with Gasteiger partial charge in [0.05, 0.1) is 35.1 Å².